The number of rotatable bonds is 7. The second-order valence-electron chi connectivity index (χ2n) is 6.77. The third kappa shape index (κ3) is 4.79. The molecule has 148 valence electrons. The largest absolute Gasteiger partial charge is 0.317 e. The number of aromatic nitrogens is 3. The molecular formula is C22H23N5OS. The number of carbonyl (C=O) groups is 1. The second-order valence-corrected chi connectivity index (χ2v) is 7.83. The molecule has 1 amide bonds. The van der Waals surface area contributed by atoms with Crippen molar-refractivity contribution >= 4 is 28.5 Å². The Balaban J connectivity index is 1.84. The molecule has 0 aliphatic heterocycles. The van der Waals surface area contributed by atoms with Crippen molar-refractivity contribution in [1.82, 2.24) is 14.8 Å². The lowest BCUT2D eigenvalue weighted by atomic mass is 10.1. The summed E-state index contributed by atoms with van der Waals surface area (Å²) >= 11 is 1.34. The summed E-state index contributed by atoms with van der Waals surface area (Å²) in [5, 5.41) is 21.6. The van der Waals surface area contributed by atoms with Crippen LogP contribution in [0.5, 0.6) is 0 Å². The van der Waals surface area contributed by atoms with Gasteiger partial charge in [-0.1, -0.05) is 42.9 Å². The minimum Gasteiger partial charge on any atom is -0.317 e. The lowest BCUT2D eigenvalue weighted by molar-refractivity contribution is -0.112. The number of aryl methyl sites for hydroxylation is 3. The topological polar surface area (TPSA) is 83.6 Å². The number of para-hydroxylation sites is 1. The smallest absolute Gasteiger partial charge is 0.268 e. The predicted molar refractivity (Wildman–Crippen MR) is 116 cm³/mol. The van der Waals surface area contributed by atoms with Gasteiger partial charge in [-0.05, 0) is 49.6 Å². The zero-order valence-corrected chi connectivity index (χ0v) is 17.6. The Kier molecular flexibility index (Phi) is 6.57. The fourth-order valence-electron chi connectivity index (χ4n) is 3.10. The van der Waals surface area contributed by atoms with Gasteiger partial charge in [0.2, 0.25) is 5.13 Å². The summed E-state index contributed by atoms with van der Waals surface area (Å²) in [6.07, 6.45) is 6.47. The van der Waals surface area contributed by atoms with Crippen molar-refractivity contribution in [3.63, 3.8) is 0 Å². The van der Waals surface area contributed by atoms with E-state index in [9.17, 15) is 10.1 Å². The van der Waals surface area contributed by atoms with E-state index in [1.54, 1.807) is 6.08 Å². The van der Waals surface area contributed by atoms with Gasteiger partial charge in [0, 0.05) is 18.3 Å². The Labute approximate surface area is 174 Å². The van der Waals surface area contributed by atoms with Gasteiger partial charge < -0.3 is 4.57 Å². The van der Waals surface area contributed by atoms with E-state index in [1.165, 1.54) is 11.3 Å². The van der Waals surface area contributed by atoms with Crippen LogP contribution < -0.4 is 5.32 Å². The summed E-state index contributed by atoms with van der Waals surface area (Å²) < 4.78 is 1.99. The molecule has 0 unspecified atom stereocenters. The maximum absolute atomic E-state index is 12.6. The monoisotopic (exact) mass is 405 g/mol. The number of unbranched alkanes of at least 4 members (excludes halogenated alkanes) is 1. The number of carbonyl (C=O) groups excluding carboxylic acids is 1. The summed E-state index contributed by atoms with van der Waals surface area (Å²) in [6, 6.07) is 11.9. The van der Waals surface area contributed by atoms with Crippen LogP contribution >= 0.6 is 11.3 Å². The van der Waals surface area contributed by atoms with Gasteiger partial charge in [-0.2, -0.15) is 5.26 Å². The van der Waals surface area contributed by atoms with E-state index in [1.807, 2.05) is 61.0 Å². The lowest BCUT2D eigenvalue weighted by Crippen LogP contribution is -2.13. The fraction of sp³-hybridized carbons (Fsp3) is 0.273. The Bertz CT molecular complexity index is 1070. The third-order valence-electron chi connectivity index (χ3n) is 4.55. The normalized spacial score (nSPS) is 11.3. The van der Waals surface area contributed by atoms with Gasteiger partial charge in [0.1, 0.15) is 16.6 Å². The average molecular weight is 406 g/mol. The molecule has 0 atom stereocenters. The number of nitrogens with zero attached hydrogens (tertiary/aromatic N) is 4. The van der Waals surface area contributed by atoms with Crippen LogP contribution in [0.4, 0.5) is 5.13 Å². The van der Waals surface area contributed by atoms with Crippen LogP contribution in [0.2, 0.25) is 0 Å². The van der Waals surface area contributed by atoms with Crippen molar-refractivity contribution < 1.29 is 4.79 Å². The highest BCUT2D eigenvalue weighted by Crippen LogP contribution is 2.23. The van der Waals surface area contributed by atoms with E-state index < -0.39 is 5.91 Å². The van der Waals surface area contributed by atoms with E-state index in [0.29, 0.717) is 5.13 Å². The van der Waals surface area contributed by atoms with Gasteiger partial charge in [0.25, 0.3) is 5.91 Å². The van der Waals surface area contributed by atoms with Crippen LogP contribution in [0.25, 0.3) is 11.8 Å². The molecule has 6 nitrogen and oxygen atoms in total. The quantitative estimate of drug-likeness (QED) is 0.450. The van der Waals surface area contributed by atoms with Crippen molar-refractivity contribution in [1.29, 1.82) is 5.26 Å². The molecule has 1 aromatic carbocycles. The standard InChI is InChI=1S/C22H23N5OS/c1-4-5-11-19-25-26-22(29-19)24-21(28)17(14-23)13-18-10-7-12-27(18)20-15(2)8-6-9-16(20)3/h6-10,12-13H,4-5,11H2,1-3H3,(H,24,26,28). The number of nitrogens with one attached hydrogen (secondary N) is 1. The number of benzene rings is 1. The summed E-state index contributed by atoms with van der Waals surface area (Å²) in [4.78, 5) is 12.6. The van der Waals surface area contributed by atoms with Crippen LogP contribution in [-0.2, 0) is 11.2 Å². The molecule has 2 heterocycles. The van der Waals surface area contributed by atoms with Crippen molar-refractivity contribution in [3.8, 4) is 11.8 Å². The summed E-state index contributed by atoms with van der Waals surface area (Å²) in [6.45, 7) is 6.20. The fourth-order valence-corrected chi connectivity index (χ4v) is 3.87. The lowest BCUT2D eigenvalue weighted by Gasteiger charge is -2.13. The minimum atomic E-state index is -0.486. The summed E-state index contributed by atoms with van der Waals surface area (Å²) in [5.41, 5.74) is 4.06. The highest BCUT2D eigenvalue weighted by atomic mass is 32.1. The second kappa shape index (κ2) is 9.30. The van der Waals surface area contributed by atoms with Crippen molar-refractivity contribution in [2.75, 3.05) is 5.32 Å². The van der Waals surface area contributed by atoms with Crippen molar-refractivity contribution in [2.45, 2.75) is 40.0 Å². The van der Waals surface area contributed by atoms with Gasteiger partial charge >= 0.3 is 0 Å². The van der Waals surface area contributed by atoms with Gasteiger partial charge in [0.05, 0.1) is 5.69 Å². The van der Waals surface area contributed by atoms with Gasteiger partial charge in [0.15, 0.2) is 0 Å². The molecule has 0 saturated carbocycles. The molecule has 0 aliphatic rings. The molecule has 0 spiro atoms. The van der Waals surface area contributed by atoms with Crippen LogP contribution in [0.15, 0.2) is 42.1 Å². The summed E-state index contributed by atoms with van der Waals surface area (Å²) in [5.74, 6) is -0.486. The number of nitriles is 1. The average Bonchev–Trinajstić information content (AvgIpc) is 3.33. The Hall–Kier alpha value is -3.24. The molecule has 2 aromatic heterocycles. The molecule has 0 aliphatic carbocycles. The third-order valence-corrected chi connectivity index (χ3v) is 5.45. The van der Waals surface area contributed by atoms with Gasteiger partial charge in [-0.15, -0.1) is 10.2 Å². The molecule has 29 heavy (non-hydrogen) atoms. The molecule has 0 saturated heterocycles. The zero-order chi connectivity index (χ0) is 20.8. The van der Waals surface area contributed by atoms with Gasteiger partial charge in [-0.25, -0.2) is 0 Å². The van der Waals surface area contributed by atoms with E-state index in [2.05, 4.69) is 22.4 Å². The zero-order valence-electron chi connectivity index (χ0n) is 16.8. The minimum absolute atomic E-state index is 0.0153. The number of hydrogen-bond donors (Lipinski definition) is 1. The molecule has 0 fully saturated rings. The van der Waals surface area contributed by atoms with Crippen LogP contribution in [0, 0.1) is 25.2 Å². The molecule has 3 rings (SSSR count). The van der Waals surface area contributed by atoms with Crippen molar-refractivity contribution in [2.24, 2.45) is 0 Å². The van der Waals surface area contributed by atoms with E-state index in [-0.39, 0.29) is 5.57 Å². The molecule has 0 bridgehead atoms. The molecule has 1 N–H and O–H groups in total. The Morgan fingerprint density at radius 2 is 2.00 bits per heavy atom. The summed E-state index contributed by atoms with van der Waals surface area (Å²) in [7, 11) is 0. The first-order valence-corrected chi connectivity index (χ1v) is 10.3. The maximum atomic E-state index is 12.6. The van der Waals surface area contributed by atoms with Crippen LogP contribution in [-0.4, -0.2) is 20.7 Å². The SMILES string of the molecule is CCCCc1nnc(NC(=O)C(C#N)=Cc2cccn2-c2c(C)cccc2C)s1. The first-order chi connectivity index (χ1) is 14.0. The van der Waals surface area contributed by atoms with Crippen LogP contribution in [0.1, 0.15) is 41.6 Å². The van der Waals surface area contributed by atoms with Gasteiger partial charge in [-0.3, -0.25) is 10.1 Å². The highest BCUT2D eigenvalue weighted by molar-refractivity contribution is 7.15. The van der Waals surface area contributed by atoms with Crippen molar-refractivity contribution in [3.05, 3.63) is 63.9 Å². The number of amides is 1. The molecule has 3 aromatic rings. The molecule has 0 radical (unpaired) electrons. The van der Waals surface area contributed by atoms with E-state index in [0.717, 1.165) is 46.8 Å². The highest BCUT2D eigenvalue weighted by Gasteiger charge is 2.15. The Morgan fingerprint density at radius 3 is 2.69 bits per heavy atom. The van der Waals surface area contributed by atoms with E-state index in [4.69, 9.17) is 0 Å². The van der Waals surface area contributed by atoms with Crippen LogP contribution in [0.3, 0.4) is 0 Å². The maximum Gasteiger partial charge on any atom is 0.268 e. The first-order valence-electron chi connectivity index (χ1n) is 9.53. The first kappa shape index (κ1) is 20.5. The molecule has 7 heteroatoms. The predicted octanol–water partition coefficient (Wildman–Crippen LogP) is 4.83. The Morgan fingerprint density at radius 1 is 1.24 bits per heavy atom. The van der Waals surface area contributed by atoms with E-state index >= 15 is 0 Å². The number of hydrogen-bond acceptors (Lipinski definition) is 5. The number of anilines is 1. The molecular weight excluding hydrogens is 382 g/mol.